The minimum Gasteiger partial charge on any atom is -0.385 e. The van der Waals surface area contributed by atoms with E-state index in [1.165, 1.54) is 17.7 Å². The van der Waals surface area contributed by atoms with Gasteiger partial charge in [0.2, 0.25) is 5.91 Å². The number of nitrogens with one attached hydrogen (secondary N) is 2. The van der Waals surface area contributed by atoms with E-state index in [9.17, 15) is 4.79 Å². The Morgan fingerprint density at radius 1 is 1.33 bits per heavy atom. The molecule has 2 N–H and O–H groups in total. The summed E-state index contributed by atoms with van der Waals surface area (Å²) in [5, 5.41) is 6.39. The maximum Gasteiger partial charge on any atom is 0.224 e. The molecule has 0 bridgehead atoms. The highest BCUT2D eigenvalue weighted by Crippen LogP contribution is 2.25. The molecule has 1 unspecified atom stereocenters. The maximum atomic E-state index is 12.0. The molecule has 21 heavy (non-hydrogen) atoms. The molecule has 2 heterocycles. The highest BCUT2D eigenvalue weighted by Gasteiger charge is 2.15. The number of fused-ring (bicyclic) bond motifs is 1. The molecule has 1 fully saturated rings. The lowest BCUT2D eigenvalue weighted by molar-refractivity contribution is -0.117. The molecule has 2 aliphatic heterocycles. The summed E-state index contributed by atoms with van der Waals surface area (Å²) in [6.07, 6.45) is 7.37. The van der Waals surface area contributed by atoms with Crippen LogP contribution in [-0.2, 0) is 16.0 Å². The van der Waals surface area contributed by atoms with Crippen molar-refractivity contribution in [1.82, 2.24) is 0 Å². The van der Waals surface area contributed by atoms with Crippen LogP contribution in [0.15, 0.2) is 18.2 Å². The Morgan fingerprint density at radius 3 is 3.14 bits per heavy atom. The van der Waals surface area contributed by atoms with Crippen LogP contribution in [0.4, 0.5) is 11.4 Å². The van der Waals surface area contributed by atoms with E-state index in [2.05, 4.69) is 22.8 Å². The molecule has 0 aromatic heterocycles. The summed E-state index contributed by atoms with van der Waals surface area (Å²) in [5.41, 5.74) is 3.41. The smallest absolute Gasteiger partial charge is 0.224 e. The zero-order valence-electron chi connectivity index (χ0n) is 12.5. The van der Waals surface area contributed by atoms with Gasteiger partial charge >= 0.3 is 0 Å². The van der Waals surface area contributed by atoms with Gasteiger partial charge in [-0.3, -0.25) is 4.79 Å². The SMILES string of the molecule is O=C(CCC1CCCCO1)Nc1ccc2c(c1)CCCN2. The molecular formula is C17H24N2O2. The summed E-state index contributed by atoms with van der Waals surface area (Å²) in [4.78, 5) is 12.0. The number of hydrogen-bond acceptors (Lipinski definition) is 3. The van der Waals surface area contributed by atoms with Crippen molar-refractivity contribution in [1.29, 1.82) is 0 Å². The third kappa shape index (κ3) is 3.97. The zero-order valence-corrected chi connectivity index (χ0v) is 12.5. The lowest BCUT2D eigenvalue weighted by Crippen LogP contribution is -2.22. The van der Waals surface area contributed by atoms with Crippen molar-refractivity contribution in [3.05, 3.63) is 23.8 Å². The van der Waals surface area contributed by atoms with Gasteiger partial charge in [0.15, 0.2) is 0 Å². The van der Waals surface area contributed by atoms with Crippen LogP contribution in [0, 0.1) is 0 Å². The Balaban J connectivity index is 1.50. The quantitative estimate of drug-likeness (QED) is 0.893. The molecule has 114 valence electrons. The first-order valence-corrected chi connectivity index (χ1v) is 8.09. The highest BCUT2D eigenvalue weighted by atomic mass is 16.5. The summed E-state index contributed by atoms with van der Waals surface area (Å²) in [5.74, 6) is 0.0906. The number of carbonyl (C=O) groups is 1. The van der Waals surface area contributed by atoms with Gasteiger partial charge < -0.3 is 15.4 Å². The van der Waals surface area contributed by atoms with Crippen molar-refractivity contribution >= 4 is 17.3 Å². The number of ether oxygens (including phenoxy) is 1. The van der Waals surface area contributed by atoms with Crippen LogP contribution in [0.5, 0.6) is 0 Å². The Labute approximate surface area is 126 Å². The van der Waals surface area contributed by atoms with Crippen LogP contribution < -0.4 is 10.6 Å². The van der Waals surface area contributed by atoms with Crippen molar-refractivity contribution in [2.24, 2.45) is 0 Å². The zero-order chi connectivity index (χ0) is 14.5. The average Bonchev–Trinajstić information content (AvgIpc) is 2.54. The van der Waals surface area contributed by atoms with Gasteiger partial charge in [0.25, 0.3) is 0 Å². The number of carbonyl (C=O) groups excluding carboxylic acids is 1. The molecule has 0 saturated carbocycles. The normalized spacial score (nSPS) is 21.2. The highest BCUT2D eigenvalue weighted by molar-refractivity contribution is 5.91. The van der Waals surface area contributed by atoms with Gasteiger partial charge in [0.1, 0.15) is 0 Å². The first kappa shape index (κ1) is 14.4. The van der Waals surface area contributed by atoms with Crippen molar-refractivity contribution in [3.8, 4) is 0 Å². The number of amides is 1. The van der Waals surface area contributed by atoms with E-state index in [0.29, 0.717) is 6.42 Å². The van der Waals surface area contributed by atoms with E-state index in [1.807, 2.05) is 6.07 Å². The monoisotopic (exact) mass is 288 g/mol. The molecule has 4 nitrogen and oxygen atoms in total. The van der Waals surface area contributed by atoms with E-state index in [1.54, 1.807) is 0 Å². The second-order valence-electron chi connectivity index (χ2n) is 5.98. The minimum atomic E-state index is 0.0906. The van der Waals surface area contributed by atoms with E-state index in [0.717, 1.165) is 50.9 Å². The summed E-state index contributed by atoms with van der Waals surface area (Å²) >= 11 is 0. The fourth-order valence-electron chi connectivity index (χ4n) is 3.10. The van der Waals surface area contributed by atoms with E-state index < -0.39 is 0 Å². The van der Waals surface area contributed by atoms with Crippen molar-refractivity contribution < 1.29 is 9.53 Å². The van der Waals surface area contributed by atoms with Gasteiger partial charge in [-0.1, -0.05) is 0 Å². The Bertz CT molecular complexity index is 496. The van der Waals surface area contributed by atoms with Crippen molar-refractivity contribution in [2.75, 3.05) is 23.8 Å². The molecule has 1 saturated heterocycles. The molecule has 1 aromatic carbocycles. The number of anilines is 2. The van der Waals surface area contributed by atoms with Crippen molar-refractivity contribution in [2.45, 2.75) is 51.0 Å². The first-order chi connectivity index (χ1) is 10.3. The van der Waals surface area contributed by atoms with Gasteiger partial charge in [0, 0.05) is 30.9 Å². The number of benzene rings is 1. The molecule has 1 aromatic rings. The van der Waals surface area contributed by atoms with Crippen LogP contribution in [0.25, 0.3) is 0 Å². The molecule has 1 atom stereocenters. The molecule has 0 spiro atoms. The second-order valence-corrected chi connectivity index (χ2v) is 5.98. The molecule has 2 aliphatic rings. The van der Waals surface area contributed by atoms with E-state index >= 15 is 0 Å². The average molecular weight is 288 g/mol. The summed E-state index contributed by atoms with van der Waals surface area (Å²) in [6.45, 7) is 1.89. The predicted octanol–water partition coefficient (Wildman–Crippen LogP) is 3.33. The number of hydrogen-bond donors (Lipinski definition) is 2. The predicted molar refractivity (Wildman–Crippen MR) is 84.7 cm³/mol. The first-order valence-electron chi connectivity index (χ1n) is 8.09. The molecule has 0 radical (unpaired) electrons. The topological polar surface area (TPSA) is 50.4 Å². The lowest BCUT2D eigenvalue weighted by atomic mass is 10.0. The largest absolute Gasteiger partial charge is 0.385 e. The fourth-order valence-corrected chi connectivity index (χ4v) is 3.10. The maximum absolute atomic E-state index is 12.0. The van der Waals surface area contributed by atoms with E-state index in [-0.39, 0.29) is 12.0 Å². The standard InChI is InChI=1S/C17H24N2O2/c20-17(9-7-15-5-1-2-11-21-15)19-14-6-8-16-13(12-14)4-3-10-18-16/h6,8,12,15,18H,1-5,7,9-11H2,(H,19,20). The molecule has 4 heteroatoms. The molecule has 1 amide bonds. The third-order valence-electron chi connectivity index (χ3n) is 4.29. The van der Waals surface area contributed by atoms with Crippen LogP contribution in [-0.4, -0.2) is 25.2 Å². The van der Waals surface area contributed by atoms with Crippen molar-refractivity contribution in [3.63, 3.8) is 0 Å². The van der Waals surface area contributed by atoms with Crippen LogP contribution >= 0.6 is 0 Å². The van der Waals surface area contributed by atoms with Crippen LogP contribution in [0.2, 0.25) is 0 Å². The summed E-state index contributed by atoms with van der Waals surface area (Å²) in [6, 6.07) is 6.14. The van der Waals surface area contributed by atoms with Crippen LogP contribution in [0.1, 0.15) is 44.1 Å². The Kier molecular flexibility index (Phi) is 4.76. The fraction of sp³-hybridized carbons (Fsp3) is 0.588. The molecular weight excluding hydrogens is 264 g/mol. The van der Waals surface area contributed by atoms with E-state index in [4.69, 9.17) is 4.74 Å². The second kappa shape index (κ2) is 6.94. The van der Waals surface area contributed by atoms with Crippen LogP contribution in [0.3, 0.4) is 0 Å². The molecule has 3 rings (SSSR count). The minimum absolute atomic E-state index is 0.0906. The van der Waals surface area contributed by atoms with Gasteiger partial charge in [-0.25, -0.2) is 0 Å². The Morgan fingerprint density at radius 2 is 2.29 bits per heavy atom. The van der Waals surface area contributed by atoms with Gasteiger partial charge in [-0.2, -0.15) is 0 Å². The lowest BCUT2D eigenvalue weighted by Gasteiger charge is -2.22. The summed E-state index contributed by atoms with van der Waals surface area (Å²) < 4.78 is 5.66. The third-order valence-corrected chi connectivity index (χ3v) is 4.29. The summed E-state index contributed by atoms with van der Waals surface area (Å²) in [7, 11) is 0. The van der Waals surface area contributed by atoms with Gasteiger partial charge in [-0.15, -0.1) is 0 Å². The van der Waals surface area contributed by atoms with Gasteiger partial charge in [0.05, 0.1) is 6.10 Å². The van der Waals surface area contributed by atoms with Gasteiger partial charge in [-0.05, 0) is 62.3 Å². The Hall–Kier alpha value is -1.55. The molecule has 0 aliphatic carbocycles. The number of rotatable bonds is 4. The number of aryl methyl sites for hydroxylation is 1.